The molecule has 1 N–H and O–H groups in total. The molecule has 6 heteroatoms. The molecule has 0 unspecified atom stereocenters. The minimum Gasteiger partial charge on any atom is -0.384 e. The number of halogens is 1. The average molecular weight is 322 g/mol. The van der Waals surface area contributed by atoms with Crippen molar-refractivity contribution >= 4 is 31.5 Å². The normalized spacial score (nSPS) is 11.4. The van der Waals surface area contributed by atoms with Gasteiger partial charge in [0.05, 0.1) is 18.1 Å². The zero-order chi connectivity index (χ0) is 12.7. The molecule has 96 valence electrons. The van der Waals surface area contributed by atoms with Gasteiger partial charge in [0.25, 0.3) is 0 Å². The van der Waals surface area contributed by atoms with Crippen molar-refractivity contribution in [1.29, 1.82) is 0 Å². The highest BCUT2D eigenvalue weighted by molar-refractivity contribution is 9.10. The Bertz CT molecular complexity index is 448. The Kier molecular flexibility index (Phi) is 5.94. The SMILES string of the molecule is COCCS(=O)(=O)CCNc1cccc(Br)c1. The summed E-state index contributed by atoms with van der Waals surface area (Å²) < 4.78 is 28.7. The first kappa shape index (κ1) is 14.5. The van der Waals surface area contributed by atoms with Crippen molar-refractivity contribution in [3.05, 3.63) is 28.7 Å². The maximum atomic E-state index is 11.5. The number of ether oxygens (including phenoxy) is 1. The van der Waals surface area contributed by atoms with Gasteiger partial charge < -0.3 is 10.1 Å². The van der Waals surface area contributed by atoms with Gasteiger partial charge in [-0.15, -0.1) is 0 Å². The molecule has 1 aromatic rings. The van der Waals surface area contributed by atoms with Crippen LogP contribution in [-0.2, 0) is 14.6 Å². The molecule has 0 bridgehead atoms. The first-order valence-corrected chi connectivity index (χ1v) is 7.84. The third kappa shape index (κ3) is 6.05. The predicted octanol–water partition coefficient (Wildman–Crippen LogP) is 1.92. The Labute approximate surface area is 110 Å². The van der Waals surface area contributed by atoms with Gasteiger partial charge in [-0.25, -0.2) is 8.42 Å². The summed E-state index contributed by atoms with van der Waals surface area (Å²) in [4.78, 5) is 0. The third-order valence-corrected chi connectivity index (χ3v) is 4.27. The molecule has 1 rings (SSSR count). The molecular weight excluding hydrogens is 306 g/mol. The Balaban J connectivity index is 2.37. The minimum atomic E-state index is -3.02. The number of methoxy groups -OCH3 is 1. The molecule has 1 aromatic carbocycles. The summed E-state index contributed by atoms with van der Waals surface area (Å²) in [6.45, 7) is 0.654. The number of rotatable bonds is 7. The topological polar surface area (TPSA) is 55.4 Å². The number of anilines is 1. The van der Waals surface area contributed by atoms with Gasteiger partial charge >= 0.3 is 0 Å². The number of benzene rings is 1. The van der Waals surface area contributed by atoms with Crippen LogP contribution in [-0.4, -0.2) is 40.2 Å². The Morgan fingerprint density at radius 2 is 2.12 bits per heavy atom. The van der Waals surface area contributed by atoms with Gasteiger partial charge in [0, 0.05) is 23.8 Å². The van der Waals surface area contributed by atoms with Gasteiger partial charge in [-0.1, -0.05) is 22.0 Å². The number of nitrogens with one attached hydrogen (secondary N) is 1. The van der Waals surface area contributed by atoms with E-state index in [1.165, 1.54) is 7.11 Å². The van der Waals surface area contributed by atoms with Crippen LogP contribution in [0.2, 0.25) is 0 Å². The van der Waals surface area contributed by atoms with Gasteiger partial charge in [-0.05, 0) is 18.2 Å². The maximum Gasteiger partial charge on any atom is 0.154 e. The Morgan fingerprint density at radius 1 is 1.35 bits per heavy atom. The largest absolute Gasteiger partial charge is 0.384 e. The van der Waals surface area contributed by atoms with Gasteiger partial charge in [0.2, 0.25) is 0 Å². The molecule has 0 saturated heterocycles. The molecule has 0 aliphatic heterocycles. The lowest BCUT2D eigenvalue weighted by Gasteiger charge is -2.07. The van der Waals surface area contributed by atoms with E-state index in [0.29, 0.717) is 6.54 Å². The summed E-state index contributed by atoms with van der Waals surface area (Å²) in [5.41, 5.74) is 0.904. The molecule has 4 nitrogen and oxygen atoms in total. The van der Waals surface area contributed by atoms with Crippen LogP contribution in [0.3, 0.4) is 0 Å². The van der Waals surface area contributed by atoms with Crippen LogP contribution >= 0.6 is 15.9 Å². The fourth-order valence-corrected chi connectivity index (χ4v) is 2.70. The van der Waals surface area contributed by atoms with Crippen molar-refractivity contribution in [2.75, 3.05) is 37.1 Å². The van der Waals surface area contributed by atoms with Gasteiger partial charge in [-0.3, -0.25) is 0 Å². The van der Waals surface area contributed by atoms with E-state index in [0.717, 1.165) is 10.2 Å². The highest BCUT2D eigenvalue weighted by atomic mass is 79.9. The standard InChI is InChI=1S/C11H16BrNO3S/c1-16-6-8-17(14,15)7-5-13-11-4-2-3-10(12)9-11/h2-4,9,13H,5-8H2,1H3. The first-order chi connectivity index (χ1) is 8.03. The van der Waals surface area contributed by atoms with E-state index in [9.17, 15) is 8.42 Å². The summed E-state index contributed by atoms with van der Waals surface area (Å²) in [5, 5.41) is 3.07. The van der Waals surface area contributed by atoms with E-state index < -0.39 is 9.84 Å². The van der Waals surface area contributed by atoms with Crippen LogP contribution in [0.5, 0.6) is 0 Å². The molecule has 0 amide bonds. The van der Waals surface area contributed by atoms with Crippen LogP contribution in [0, 0.1) is 0 Å². The van der Waals surface area contributed by atoms with E-state index in [-0.39, 0.29) is 18.1 Å². The van der Waals surface area contributed by atoms with E-state index in [1.807, 2.05) is 24.3 Å². The highest BCUT2D eigenvalue weighted by Crippen LogP contribution is 2.15. The second-order valence-corrected chi connectivity index (χ2v) is 6.80. The minimum absolute atomic E-state index is 0.0731. The lowest BCUT2D eigenvalue weighted by atomic mass is 10.3. The molecule has 17 heavy (non-hydrogen) atoms. The summed E-state index contributed by atoms with van der Waals surface area (Å²) in [6, 6.07) is 7.61. The first-order valence-electron chi connectivity index (χ1n) is 5.22. The summed E-state index contributed by atoms with van der Waals surface area (Å²) >= 11 is 3.35. The molecule has 0 fully saturated rings. The molecule has 0 aromatic heterocycles. The van der Waals surface area contributed by atoms with Crippen LogP contribution in [0.25, 0.3) is 0 Å². The molecule has 0 heterocycles. The summed E-state index contributed by atoms with van der Waals surface area (Å²) in [6.07, 6.45) is 0. The molecule has 0 atom stereocenters. The van der Waals surface area contributed by atoms with E-state index in [4.69, 9.17) is 4.74 Å². The van der Waals surface area contributed by atoms with Crippen molar-refractivity contribution in [2.45, 2.75) is 0 Å². The lowest BCUT2D eigenvalue weighted by molar-refractivity contribution is 0.217. The van der Waals surface area contributed by atoms with Gasteiger partial charge in [0.15, 0.2) is 9.84 Å². The molecule has 0 saturated carbocycles. The lowest BCUT2D eigenvalue weighted by Crippen LogP contribution is -2.20. The number of hydrogen-bond acceptors (Lipinski definition) is 4. The van der Waals surface area contributed by atoms with Crippen LogP contribution in [0.4, 0.5) is 5.69 Å². The fraction of sp³-hybridized carbons (Fsp3) is 0.455. The van der Waals surface area contributed by atoms with Crippen LogP contribution in [0.1, 0.15) is 0 Å². The van der Waals surface area contributed by atoms with Crippen molar-refractivity contribution in [3.8, 4) is 0 Å². The van der Waals surface area contributed by atoms with Gasteiger partial charge in [0.1, 0.15) is 0 Å². The van der Waals surface area contributed by atoms with Crippen LogP contribution in [0.15, 0.2) is 28.7 Å². The quantitative estimate of drug-likeness (QED) is 0.833. The van der Waals surface area contributed by atoms with Gasteiger partial charge in [-0.2, -0.15) is 0 Å². The van der Waals surface area contributed by atoms with Crippen LogP contribution < -0.4 is 5.32 Å². The second-order valence-electron chi connectivity index (χ2n) is 3.58. The third-order valence-electron chi connectivity index (χ3n) is 2.17. The maximum absolute atomic E-state index is 11.5. The molecular formula is C11H16BrNO3S. The van der Waals surface area contributed by atoms with E-state index in [2.05, 4.69) is 21.2 Å². The average Bonchev–Trinajstić information content (AvgIpc) is 2.26. The van der Waals surface area contributed by atoms with Crippen molar-refractivity contribution in [2.24, 2.45) is 0 Å². The predicted molar refractivity (Wildman–Crippen MR) is 73.2 cm³/mol. The highest BCUT2D eigenvalue weighted by Gasteiger charge is 2.09. The summed E-state index contributed by atoms with van der Waals surface area (Å²) in [5.74, 6) is 0.187. The van der Waals surface area contributed by atoms with Crippen molar-refractivity contribution in [3.63, 3.8) is 0 Å². The zero-order valence-electron chi connectivity index (χ0n) is 9.65. The second kappa shape index (κ2) is 6.98. The monoisotopic (exact) mass is 321 g/mol. The molecule has 0 radical (unpaired) electrons. The Morgan fingerprint density at radius 3 is 2.76 bits per heavy atom. The summed E-state index contributed by atoms with van der Waals surface area (Å²) in [7, 11) is -1.53. The van der Waals surface area contributed by atoms with Crippen molar-refractivity contribution < 1.29 is 13.2 Å². The molecule has 0 aliphatic rings. The van der Waals surface area contributed by atoms with E-state index in [1.54, 1.807) is 0 Å². The fourth-order valence-electron chi connectivity index (χ4n) is 1.26. The number of sulfone groups is 1. The smallest absolute Gasteiger partial charge is 0.154 e. The zero-order valence-corrected chi connectivity index (χ0v) is 12.1. The Hall–Kier alpha value is -0.590. The number of hydrogen-bond donors (Lipinski definition) is 1. The van der Waals surface area contributed by atoms with E-state index >= 15 is 0 Å². The van der Waals surface area contributed by atoms with Crippen molar-refractivity contribution in [1.82, 2.24) is 0 Å². The molecule has 0 spiro atoms. The molecule has 0 aliphatic carbocycles.